The first-order valence-corrected chi connectivity index (χ1v) is 9.73. The van der Waals surface area contributed by atoms with Crippen molar-refractivity contribution in [3.8, 4) is 11.8 Å². The molecule has 3 aromatic rings. The lowest BCUT2D eigenvalue weighted by Crippen LogP contribution is -2.17. The molecule has 1 aliphatic rings. The van der Waals surface area contributed by atoms with Gasteiger partial charge in [0.15, 0.2) is 0 Å². The van der Waals surface area contributed by atoms with Crippen LogP contribution in [-0.2, 0) is 11.4 Å². The molecule has 146 valence electrons. The summed E-state index contributed by atoms with van der Waals surface area (Å²) in [5, 5.41) is 4.37. The third kappa shape index (κ3) is 4.91. The molecule has 0 bridgehead atoms. The summed E-state index contributed by atoms with van der Waals surface area (Å²) in [5.74, 6) is 6.76. The Hall–Kier alpha value is -3.39. The minimum atomic E-state index is -0.300. The van der Waals surface area contributed by atoms with Crippen molar-refractivity contribution in [2.24, 2.45) is 11.1 Å². The minimum absolute atomic E-state index is 0.0672. The van der Waals surface area contributed by atoms with E-state index in [0.29, 0.717) is 11.5 Å². The Morgan fingerprint density at radius 1 is 1.24 bits per heavy atom. The lowest BCUT2D eigenvalue weighted by atomic mass is 10.0. The van der Waals surface area contributed by atoms with Gasteiger partial charge in [-0.1, -0.05) is 47.3 Å². The molecule has 4 rings (SSSR count). The lowest BCUT2D eigenvalue weighted by Gasteiger charge is -2.16. The highest BCUT2D eigenvalue weighted by Crippen LogP contribution is 2.27. The monoisotopic (exact) mass is 387 g/mol. The first kappa shape index (κ1) is 18.9. The van der Waals surface area contributed by atoms with Crippen molar-refractivity contribution in [3.63, 3.8) is 0 Å². The molecule has 1 aromatic heterocycles. The van der Waals surface area contributed by atoms with E-state index in [-0.39, 0.29) is 18.5 Å². The molecule has 5 heteroatoms. The van der Waals surface area contributed by atoms with Crippen LogP contribution in [0, 0.1) is 23.6 Å². The predicted octanol–water partition coefficient (Wildman–Crippen LogP) is 4.97. The van der Waals surface area contributed by atoms with Crippen molar-refractivity contribution >= 4 is 5.71 Å². The third-order valence-electron chi connectivity index (χ3n) is 4.89. The van der Waals surface area contributed by atoms with Crippen molar-refractivity contribution in [1.82, 2.24) is 9.55 Å². The maximum atomic E-state index is 13.8. The number of hydrogen-bond acceptors (Lipinski definition) is 3. The van der Waals surface area contributed by atoms with E-state index >= 15 is 0 Å². The summed E-state index contributed by atoms with van der Waals surface area (Å²) in [7, 11) is 0. The van der Waals surface area contributed by atoms with Gasteiger partial charge in [0.25, 0.3) is 0 Å². The summed E-state index contributed by atoms with van der Waals surface area (Å²) in [5.41, 5.74) is 3.12. The van der Waals surface area contributed by atoms with Gasteiger partial charge in [-0.05, 0) is 38.0 Å². The van der Waals surface area contributed by atoms with E-state index < -0.39 is 0 Å². The summed E-state index contributed by atoms with van der Waals surface area (Å²) < 4.78 is 15.8. The van der Waals surface area contributed by atoms with Gasteiger partial charge in [-0.25, -0.2) is 9.37 Å². The quantitative estimate of drug-likeness (QED) is 0.340. The van der Waals surface area contributed by atoms with Crippen LogP contribution in [-0.4, -0.2) is 15.3 Å². The molecule has 1 fully saturated rings. The normalized spacial score (nSPS) is 14.8. The Morgan fingerprint density at radius 3 is 2.72 bits per heavy atom. The Balaban J connectivity index is 1.56. The van der Waals surface area contributed by atoms with E-state index in [1.807, 2.05) is 42.0 Å². The standard InChI is InChI=1S/C24H22FN3O/c1-18(28-15-14-26-17-28)24(27-29-16-22-4-2-3-5-23(22)25)21-12-10-20(11-13-21)9-8-19-6-7-19/h2-5,10-15,17-19H,6-7,16H2,1H3. The van der Waals surface area contributed by atoms with Gasteiger partial charge in [-0.2, -0.15) is 0 Å². The van der Waals surface area contributed by atoms with Crippen LogP contribution in [0.3, 0.4) is 0 Å². The van der Waals surface area contributed by atoms with Crippen LogP contribution >= 0.6 is 0 Å². The topological polar surface area (TPSA) is 39.4 Å². The van der Waals surface area contributed by atoms with E-state index in [9.17, 15) is 4.39 Å². The largest absolute Gasteiger partial charge is 0.391 e. The van der Waals surface area contributed by atoms with Gasteiger partial charge in [0.2, 0.25) is 0 Å². The van der Waals surface area contributed by atoms with Gasteiger partial charge in [0.05, 0.1) is 12.4 Å². The predicted molar refractivity (Wildman–Crippen MR) is 111 cm³/mol. The average Bonchev–Trinajstić information content (AvgIpc) is 3.41. The van der Waals surface area contributed by atoms with Gasteiger partial charge < -0.3 is 9.40 Å². The number of imidazole rings is 1. The number of benzene rings is 2. The van der Waals surface area contributed by atoms with E-state index in [1.165, 1.54) is 18.9 Å². The smallest absolute Gasteiger partial charge is 0.145 e. The van der Waals surface area contributed by atoms with Crippen LogP contribution in [0.15, 0.2) is 72.4 Å². The van der Waals surface area contributed by atoms with Gasteiger partial charge in [0.1, 0.15) is 18.1 Å². The molecule has 4 nitrogen and oxygen atoms in total. The maximum Gasteiger partial charge on any atom is 0.145 e. The molecular formula is C24H22FN3O. The van der Waals surface area contributed by atoms with Crippen LogP contribution in [0.2, 0.25) is 0 Å². The number of aromatic nitrogens is 2. The summed E-state index contributed by atoms with van der Waals surface area (Å²) in [4.78, 5) is 9.66. The van der Waals surface area contributed by atoms with E-state index in [2.05, 4.69) is 22.0 Å². The third-order valence-corrected chi connectivity index (χ3v) is 4.89. The molecular weight excluding hydrogens is 365 g/mol. The van der Waals surface area contributed by atoms with E-state index in [4.69, 9.17) is 4.84 Å². The van der Waals surface area contributed by atoms with E-state index in [0.717, 1.165) is 16.8 Å². The molecule has 1 aliphatic carbocycles. The zero-order valence-electron chi connectivity index (χ0n) is 16.3. The minimum Gasteiger partial charge on any atom is -0.391 e. The zero-order valence-corrected chi connectivity index (χ0v) is 16.3. The van der Waals surface area contributed by atoms with Crippen molar-refractivity contribution < 1.29 is 9.23 Å². The van der Waals surface area contributed by atoms with Crippen molar-refractivity contribution in [2.75, 3.05) is 0 Å². The summed E-state index contributed by atoms with van der Waals surface area (Å²) >= 11 is 0. The number of halogens is 1. The molecule has 0 radical (unpaired) electrons. The van der Waals surface area contributed by atoms with Gasteiger partial charge in [0, 0.05) is 35.0 Å². The Labute approximate surface area is 170 Å². The Bertz CT molecular complexity index is 1040. The second-order valence-electron chi connectivity index (χ2n) is 7.15. The molecule has 0 N–H and O–H groups in total. The Kier molecular flexibility index (Phi) is 5.71. The highest BCUT2D eigenvalue weighted by Gasteiger charge is 2.18. The fraction of sp³-hybridized carbons (Fsp3) is 0.250. The zero-order chi connectivity index (χ0) is 20.1. The molecule has 1 unspecified atom stereocenters. The molecule has 1 saturated carbocycles. The van der Waals surface area contributed by atoms with Crippen molar-refractivity contribution in [3.05, 3.63) is 89.8 Å². The molecule has 1 atom stereocenters. The first-order valence-electron chi connectivity index (χ1n) is 9.73. The SMILES string of the molecule is CC(C(=NOCc1ccccc1F)c1ccc(C#CC2CC2)cc1)n1ccnc1. The fourth-order valence-corrected chi connectivity index (χ4v) is 2.93. The second kappa shape index (κ2) is 8.74. The lowest BCUT2D eigenvalue weighted by molar-refractivity contribution is 0.126. The van der Waals surface area contributed by atoms with Crippen molar-refractivity contribution in [1.29, 1.82) is 0 Å². The molecule has 2 aromatic carbocycles. The first-order chi connectivity index (χ1) is 14.2. The number of hydrogen-bond donors (Lipinski definition) is 0. The van der Waals surface area contributed by atoms with Crippen LogP contribution in [0.5, 0.6) is 0 Å². The van der Waals surface area contributed by atoms with Crippen LogP contribution in [0.4, 0.5) is 4.39 Å². The van der Waals surface area contributed by atoms with Gasteiger partial charge >= 0.3 is 0 Å². The molecule has 0 spiro atoms. The summed E-state index contributed by atoms with van der Waals surface area (Å²) in [6.45, 7) is 2.09. The molecule has 0 aliphatic heterocycles. The number of nitrogens with zero attached hydrogens (tertiary/aromatic N) is 3. The Morgan fingerprint density at radius 2 is 2.03 bits per heavy atom. The highest BCUT2D eigenvalue weighted by atomic mass is 19.1. The number of rotatable bonds is 6. The number of oxime groups is 1. The second-order valence-corrected chi connectivity index (χ2v) is 7.15. The molecule has 1 heterocycles. The molecule has 29 heavy (non-hydrogen) atoms. The van der Waals surface area contributed by atoms with Gasteiger partial charge in [-0.3, -0.25) is 0 Å². The van der Waals surface area contributed by atoms with Crippen LogP contribution < -0.4 is 0 Å². The van der Waals surface area contributed by atoms with Crippen molar-refractivity contribution in [2.45, 2.75) is 32.4 Å². The summed E-state index contributed by atoms with van der Waals surface area (Å²) in [6, 6.07) is 14.4. The maximum absolute atomic E-state index is 13.8. The van der Waals surface area contributed by atoms with E-state index in [1.54, 1.807) is 30.7 Å². The van der Waals surface area contributed by atoms with Gasteiger partial charge in [-0.15, -0.1) is 0 Å². The van der Waals surface area contributed by atoms with Crippen LogP contribution in [0.1, 0.15) is 42.5 Å². The summed E-state index contributed by atoms with van der Waals surface area (Å²) in [6.07, 6.45) is 7.78. The molecule has 0 saturated heterocycles. The molecule has 0 amide bonds. The van der Waals surface area contributed by atoms with Crippen LogP contribution in [0.25, 0.3) is 0 Å². The fourth-order valence-electron chi connectivity index (χ4n) is 2.93. The highest BCUT2D eigenvalue weighted by molar-refractivity contribution is 6.02. The average molecular weight is 387 g/mol.